The Hall–Kier alpha value is -0.780. The fourth-order valence-corrected chi connectivity index (χ4v) is 7.75. The number of carbonyl (C=O) groups excluding carboxylic acids is 2. The summed E-state index contributed by atoms with van der Waals surface area (Å²) in [4.78, 5) is 16.2. The maximum atomic E-state index is 8.12. The summed E-state index contributed by atoms with van der Waals surface area (Å²) in [5, 5.41) is 0. The summed E-state index contributed by atoms with van der Waals surface area (Å²) in [5.74, 6) is 1.55. The van der Waals surface area contributed by atoms with Crippen molar-refractivity contribution in [1.29, 1.82) is 0 Å². The topological polar surface area (TPSA) is 71.1 Å². The van der Waals surface area contributed by atoms with Crippen molar-refractivity contribution in [3.63, 3.8) is 0 Å². The van der Waals surface area contributed by atoms with Gasteiger partial charge in [-0.15, -0.1) is 0 Å². The molecule has 0 N–H and O–H groups in total. The summed E-state index contributed by atoms with van der Waals surface area (Å²) in [5.41, 5.74) is 0.308. The minimum Gasteiger partial charge on any atom is -0.347 e. The standard InChI is InChI=1S/C21H34O4.CO2/c1-4-18(2)16-6-8-19(3)17(7-10-21(19)24-13-14-25-21)15(16)5-9-20(18)22-11-12-23-20;2-1-3/h15-17H,4-14H2,1-3H3;/t15-,16+,17+,18-,19+;/m1./s1. The number of hydrogen-bond donors (Lipinski definition) is 0. The normalized spacial score (nSPS) is 45.2. The van der Waals surface area contributed by atoms with E-state index in [-0.39, 0.29) is 28.6 Å². The van der Waals surface area contributed by atoms with Crippen molar-refractivity contribution in [2.24, 2.45) is 28.6 Å². The van der Waals surface area contributed by atoms with Crippen molar-refractivity contribution in [3.8, 4) is 0 Å². The van der Waals surface area contributed by atoms with Crippen molar-refractivity contribution in [2.75, 3.05) is 26.4 Å². The Bertz CT molecular complexity index is 617. The second-order valence-corrected chi connectivity index (χ2v) is 9.66. The molecule has 0 aromatic rings. The van der Waals surface area contributed by atoms with Gasteiger partial charge in [-0.1, -0.05) is 20.8 Å². The lowest BCUT2D eigenvalue weighted by Crippen LogP contribution is -2.61. The zero-order valence-electron chi connectivity index (χ0n) is 17.5. The highest BCUT2D eigenvalue weighted by Crippen LogP contribution is 2.69. The summed E-state index contributed by atoms with van der Waals surface area (Å²) in [6.45, 7) is 10.3. The van der Waals surface area contributed by atoms with Crippen LogP contribution in [0.2, 0.25) is 0 Å². The molecule has 0 unspecified atom stereocenters. The van der Waals surface area contributed by atoms with Gasteiger partial charge in [-0.3, -0.25) is 0 Å². The van der Waals surface area contributed by atoms with E-state index in [9.17, 15) is 0 Å². The quantitative estimate of drug-likeness (QED) is 0.677. The third kappa shape index (κ3) is 2.55. The van der Waals surface area contributed by atoms with E-state index >= 15 is 0 Å². The smallest absolute Gasteiger partial charge is 0.347 e. The monoisotopic (exact) mass is 394 g/mol. The van der Waals surface area contributed by atoms with Crippen LogP contribution in [0.4, 0.5) is 0 Å². The van der Waals surface area contributed by atoms with E-state index < -0.39 is 0 Å². The van der Waals surface area contributed by atoms with Gasteiger partial charge in [0, 0.05) is 23.7 Å². The summed E-state index contributed by atoms with van der Waals surface area (Å²) >= 11 is 0. The number of fused-ring (bicyclic) bond motifs is 4. The molecule has 2 heterocycles. The molecule has 5 aliphatic rings. The van der Waals surface area contributed by atoms with Gasteiger partial charge in [0.25, 0.3) is 0 Å². The maximum absolute atomic E-state index is 8.12. The minimum atomic E-state index is -0.326. The molecule has 0 aromatic carbocycles. The molecule has 5 rings (SSSR count). The van der Waals surface area contributed by atoms with Gasteiger partial charge in [-0.05, 0) is 49.9 Å². The van der Waals surface area contributed by atoms with Gasteiger partial charge >= 0.3 is 6.15 Å². The first-order valence-corrected chi connectivity index (χ1v) is 11.0. The largest absolute Gasteiger partial charge is 0.373 e. The molecule has 28 heavy (non-hydrogen) atoms. The van der Waals surface area contributed by atoms with Crippen molar-refractivity contribution < 1.29 is 28.5 Å². The first-order chi connectivity index (χ1) is 13.4. The molecule has 0 radical (unpaired) electrons. The van der Waals surface area contributed by atoms with E-state index in [2.05, 4.69) is 20.8 Å². The highest BCUT2D eigenvalue weighted by Gasteiger charge is 2.69. The van der Waals surface area contributed by atoms with E-state index in [0.29, 0.717) is 11.8 Å². The molecular formula is C22H34O6. The Morgan fingerprint density at radius 1 is 0.786 bits per heavy atom. The molecule has 6 heteroatoms. The van der Waals surface area contributed by atoms with E-state index in [1.54, 1.807) is 0 Å². The molecule has 0 aromatic heterocycles. The molecule has 5 fully saturated rings. The predicted octanol–water partition coefficient (Wildman–Crippen LogP) is 3.54. The van der Waals surface area contributed by atoms with Gasteiger partial charge in [0.05, 0.1) is 26.4 Å². The second-order valence-electron chi connectivity index (χ2n) is 9.66. The van der Waals surface area contributed by atoms with Gasteiger partial charge in [0.1, 0.15) is 0 Å². The molecule has 0 bridgehead atoms. The van der Waals surface area contributed by atoms with Crippen LogP contribution in [0.15, 0.2) is 0 Å². The minimum absolute atomic E-state index is 0.126. The van der Waals surface area contributed by atoms with Gasteiger partial charge in [0.2, 0.25) is 0 Å². The highest BCUT2D eigenvalue weighted by molar-refractivity contribution is 5.20. The average molecular weight is 395 g/mol. The van der Waals surface area contributed by atoms with E-state index in [1.807, 2.05) is 0 Å². The van der Waals surface area contributed by atoms with Crippen LogP contribution in [0, 0.1) is 28.6 Å². The van der Waals surface area contributed by atoms with Crippen LogP contribution < -0.4 is 0 Å². The van der Waals surface area contributed by atoms with Crippen LogP contribution in [0.1, 0.15) is 65.7 Å². The second kappa shape index (κ2) is 7.17. The van der Waals surface area contributed by atoms with Gasteiger partial charge in [-0.2, -0.15) is 9.59 Å². The lowest BCUT2D eigenvalue weighted by Gasteiger charge is -2.61. The fraction of sp³-hybridized carbons (Fsp3) is 0.955. The maximum Gasteiger partial charge on any atom is 0.373 e. The Labute approximate surface area is 167 Å². The van der Waals surface area contributed by atoms with Gasteiger partial charge < -0.3 is 18.9 Å². The van der Waals surface area contributed by atoms with Crippen molar-refractivity contribution in [1.82, 2.24) is 0 Å². The molecule has 6 nitrogen and oxygen atoms in total. The lowest BCUT2D eigenvalue weighted by molar-refractivity contribution is -0.301. The molecule has 158 valence electrons. The molecule has 2 spiro atoms. The van der Waals surface area contributed by atoms with E-state index in [4.69, 9.17) is 28.5 Å². The molecule has 3 saturated carbocycles. The van der Waals surface area contributed by atoms with Crippen LogP contribution in [-0.4, -0.2) is 44.2 Å². The zero-order valence-corrected chi connectivity index (χ0v) is 17.5. The number of ether oxygens (including phenoxy) is 4. The summed E-state index contributed by atoms with van der Waals surface area (Å²) in [6, 6.07) is 0. The van der Waals surface area contributed by atoms with Crippen LogP contribution >= 0.6 is 0 Å². The molecule has 0 amide bonds. The van der Waals surface area contributed by atoms with Crippen LogP contribution in [-0.2, 0) is 28.5 Å². The molecular weight excluding hydrogens is 360 g/mol. The lowest BCUT2D eigenvalue weighted by atomic mass is 9.47. The summed E-state index contributed by atoms with van der Waals surface area (Å²) < 4.78 is 25.1. The van der Waals surface area contributed by atoms with E-state index in [1.165, 1.54) is 25.7 Å². The Balaban J connectivity index is 0.000000604. The SMILES string of the molecule is CC[C@]1(C)[C@H]2CC[C@@]3(C)[C@@H](CCC34OCCO4)[C@@H]2CCC12OCCO2.O=C=O. The van der Waals surface area contributed by atoms with Gasteiger partial charge in [0.15, 0.2) is 11.6 Å². The van der Waals surface area contributed by atoms with Crippen LogP contribution in [0.25, 0.3) is 0 Å². The zero-order chi connectivity index (χ0) is 20.0. The van der Waals surface area contributed by atoms with Crippen molar-refractivity contribution >= 4 is 6.15 Å². The fourth-order valence-electron chi connectivity index (χ4n) is 7.75. The molecule has 3 aliphatic carbocycles. The summed E-state index contributed by atoms with van der Waals surface area (Å²) in [7, 11) is 0. The first-order valence-electron chi connectivity index (χ1n) is 11.0. The summed E-state index contributed by atoms with van der Waals surface area (Å²) in [6.07, 6.45) is 8.48. The number of rotatable bonds is 1. The molecule has 2 aliphatic heterocycles. The molecule has 2 saturated heterocycles. The predicted molar refractivity (Wildman–Crippen MR) is 99.0 cm³/mol. The van der Waals surface area contributed by atoms with Crippen LogP contribution in [0.3, 0.4) is 0 Å². The first kappa shape index (κ1) is 20.5. The Morgan fingerprint density at radius 3 is 1.86 bits per heavy atom. The third-order valence-corrected chi connectivity index (χ3v) is 9.22. The average Bonchev–Trinajstić information content (AvgIpc) is 3.41. The highest BCUT2D eigenvalue weighted by atomic mass is 16.7. The van der Waals surface area contributed by atoms with Crippen molar-refractivity contribution in [2.45, 2.75) is 77.3 Å². The third-order valence-electron chi connectivity index (χ3n) is 9.22. The number of hydrogen-bond acceptors (Lipinski definition) is 6. The van der Waals surface area contributed by atoms with E-state index in [0.717, 1.165) is 51.6 Å². The Morgan fingerprint density at radius 2 is 1.29 bits per heavy atom. The van der Waals surface area contributed by atoms with Crippen LogP contribution in [0.5, 0.6) is 0 Å². The van der Waals surface area contributed by atoms with Crippen molar-refractivity contribution in [3.05, 3.63) is 0 Å². The molecule has 5 atom stereocenters. The van der Waals surface area contributed by atoms with Gasteiger partial charge in [-0.25, -0.2) is 0 Å². The Kier molecular flexibility index (Phi) is 5.25.